The molecule has 0 unspecified atom stereocenters. The molecule has 0 bridgehead atoms. The molecule has 5 rings (SSSR count). The standard InChI is InChI=1S/C25H29N7O4S/c1-25(2,3)36-24(33)31-9-7-17(8-10-31)35-19-6-5-15(11-20(19)34-4)21-30-32-14-18(29-23(32)37-21)16-12-27-22(26)28-13-16/h5-6,11-14,17H,7-10H2,1-4H3,(H2,26,27,28). The number of likely N-dealkylation sites (tertiary alicyclic amines) is 1. The highest BCUT2D eigenvalue weighted by Gasteiger charge is 2.28. The molecule has 2 N–H and O–H groups in total. The number of nitrogens with two attached hydrogens (primary N) is 1. The predicted molar refractivity (Wildman–Crippen MR) is 140 cm³/mol. The van der Waals surface area contributed by atoms with Crippen LogP contribution in [-0.4, -0.2) is 67.5 Å². The van der Waals surface area contributed by atoms with E-state index >= 15 is 0 Å². The Hall–Kier alpha value is -3.93. The number of nitrogen functional groups attached to an aromatic ring is 1. The van der Waals surface area contributed by atoms with Gasteiger partial charge in [0.2, 0.25) is 10.9 Å². The molecule has 194 valence electrons. The zero-order chi connectivity index (χ0) is 26.2. The van der Waals surface area contributed by atoms with Crippen LogP contribution < -0.4 is 15.2 Å². The van der Waals surface area contributed by atoms with Crippen molar-refractivity contribution in [2.45, 2.75) is 45.3 Å². The number of piperidine rings is 1. The van der Waals surface area contributed by atoms with Crippen LogP contribution in [0.25, 0.3) is 26.8 Å². The van der Waals surface area contributed by atoms with Crippen LogP contribution in [0, 0.1) is 0 Å². The van der Waals surface area contributed by atoms with Gasteiger partial charge in [-0.1, -0.05) is 11.3 Å². The first-order valence-corrected chi connectivity index (χ1v) is 12.8. The Morgan fingerprint density at radius 1 is 1.11 bits per heavy atom. The Bertz CT molecular complexity index is 1370. The zero-order valence-corrected chi connectivity index (χ0v) is 22.0. The van der Waals surface area contributed by atoms with E-state index in [9.17, 15) is 4.79 Å². The Morgan fingerprint density at radius 3 is 2.49 bits per heavy atom. The van der Waals surface area contributed by atoms with E-state index < -0.39 is 5.60 Å². The van der Waals surface area contributed by atoms with Crippen molar-refractivity contribution in [3.63, 3.8) is 0 Å². The fraction of sp³-hybridized carbons (Fsp3) is 0.400. The molecule has 12 heteroatoms. The molecule has 3 aromatic heterocycles. The molecule has 11 nitrogen and oxygen atoms in total. The molecule has 0 atom stereocenters. The summed E-state index contributed by atoms with van der Waals surface area (Å²) < 4.78 is 19.1. The van der Waals surface area contributed by atoms with Crippen LogP contribution in [0.15, 0.2) is 36.8 Å². The van der Waals surface area contributed by atoms with Gasteiger partial charge in [0.15, 0.2) is 11.5 Å². The number of methoxy groups -OCH3 is 1. The van der Waals surface area contributed by atoms with Crippen molar-refractivity contribution in [2.24, 2.45) is 0 Å². The molecule has 1 aliphatic rings. The minimum Gasteiger partial charge on any atom is -0.493 e. The monoisotopic (exact) mass is 523 g/mol. The number of hydrogen-bond acceptors (Lipinski definition) is 10. The van der Waals surface area contributed by atoms with Crippen LogP contribution in [0.3, 0.4) is 0 Å². The van der Waals surface area contributed by atoms with E-state index in [-0.39, 0.29) is 18.1 Å². The molecular formula is C25H29N7O4S. The van der Waals surface area contributed by atoms with E-state index in [1.54, 1.807) is 28.9 Å². The summed E-state index contributed by atoms with van der Waals surface area (Å²) in [6, 6.07) is 5.77. The minimum atomic E-state index is -0.506. The van der Waals surface area contributed by atoms with E-state index in [0.29, 0.717) is 24.6 Å². The first-order chi connectivity index (χ1) is 17.7. The average Bonchev–Trinajstić information content (AvgIpc) is 3.44. The smallest absolute Gasteiger partial charge is 0.410 e. The van der Waals surface area contributed by atoms with Crippen LogP contribution in [0.1, 0.15) is 33.6 Å². The summed E-state index contributed by atoms with van der Waals surface area (Å²) in [5.74, 6) is 1.51. The van der Waals surface area contributed by atoms with E-state index in [4.69, 9.17) is 19.9 Å². The van der Waals surface area contributed by atoms with Gasteiger partial charge in [-0.3, -0.25) is 0 Å². The number of fused-ring (bicyclic) bond motifs is 1. The Balaban J connectivity index is 1.26. The van der Waals surface area contributed by atoms with Crippen molar-refractivity contribution in [3.05, 3.63) is 36.8 Å². The minimum absolute atomic E-state index is 0.0164. The van der Waals surface area contributed by atoms with Gasteiger partial charge < -0.3 is 24.8 Å². The summed E-state index contributed by atoms with van der Waals surface area (Å²) in [5.41, 5.74) is 7.46. The van der Waals surface area contributed by atoms with Crippen LogP contribution in [0.5, 0.6) is 11.5 Å². The molecular weight excluding hydrogens is 494 g/mol. The number of hydrogen-bond donors (Lipinski definition) is 1. The van der Waals surface area contributed by atoms with Gasteiger partial charge in [-0.15, -0.1) is 0 Å². The highest BCUT2D eigenvalue weighted by atomic mass is 32.1. The summed E-state index contributed by atoms with van der Waals surface area (Å²) in [6.07, 6.45) is 6.25. The maximum Gasteiger partial charge on any atom is 0.410 e. The Labute approximate surface area is 218 Å². The maximum atomic E-state index is 12.3. The van der Waals surface area contributed by atoms with Crippen LogP contribution in [0.2, 0.25) is 0 Å². The highest BCUT2D eigenvalue weighted by Crippen LogP contribution is 2.36. The largest absolute Gasteiger partial charge is 0.493 e. The van der Waals surface area contributed by atoms with Gasteiger partial charge in [-0.05, 0) is 39.0 Å². The summed E-state index contributed by atoms with van der Waals surface area (Å²) in [6.45, 7) is 6.78. The van der Waals surface area contributed by atoms with Gasteiger partial charge in [-0.2, -0.15) is 5.10 Å². The number of aromatic nitrogens is 5. The van der Waals surface area contributed by atoms with Crippen molar-refractivity contribution in [1.29, 1.82) is 0 Å². The average molecular weight is 524 g/mol. The van der Waals surface area contributed by atoms with Gasteiger partial charge in [0.05, 0.1) is 19.0 Å². The van der Waals surface area contributed by atoms with Gasteiger partial charge in [0.1, 0.15) is 16.7 Å². The molecule has 1 saturated heterocycles. The number of amides is 1. The van der Waals surface area contributed by atoms with Gasteiger partial charge in [0, 0.05) is 49.5 Å². The highest BCUT2D eigenvalue weighted by molar-refractivity contribution is 7.19. The fourth-order valence-electron chi connectivity index (χ4n) is 3.99. The molecule has 4 heterocycles. The second-order valence-electron chi connectivity index (χ2n) is 9.74. The van der Waals surface area contributed by atoms with Crippen LogP contribution in [0.4, 0.5) is 10.7 Å². The molecule has 1 aromatic carbocycles. The van der Waals surface area contributed by atoms with Crippen LogP contribution in [-0.2, 0) is 4.74 Å². The maximum absolute atomic E-state index is 12.3. The lowest BCUT2D eigenvalue weighted by molar-refractivity contribution is 0.0124. The lowest BCUT2D eigenvalue weighted by atomic mass is 10.1. The van der Waals surface area contributed by atoms with E-state index in [1.807, 2.05) is 45.2 Å². The number of benzene rings is 1. The first kappa shape index (κ1) is 24.8. The third-order valence-electron chi connectivity index (χ3n) is 5.81. The molecule has 0 radical (unpaired) electrons. The lowest BCUT2D eigenvalue weighted by Gasteiger charge is -2.33. The van der Waals surface area contributed by atoms with Crippen molar-refractivity contribution < 1.29 is 19.0 Å². The first-order valence-electron chi connectivity index (χ1n) is 12.0. The Morgan fingerprint density at radius 2 is 1.84 bits per heavy atom. The molecule has 1 fully saturated rings. The number of rotatable bonds is 5. The van der Waals surface area contributed by atoms with Crippen LogP contribution >= 0.6 is 11.3 Å². The van der Waals surface area contributed by atoms with E-state index in [2.05, 4.69) is 20.1 Å². The topological polar surface area (TPSA) is 130 Å². The molecule has 37 heavy (non-hydrogen) atoms. The van der Waals surface area contributed by atoms with Crippen molar-refractivity contribution in [2.75, 3.05) is 25.9 Å². The van der Waals surface area contributed by atoms with Crippen molar-refractivity contribution in [3.8, 4) is 33.3 Å². The predicted octanol–water partition coefficient (Wildman–Crippen LogP) is 4.28. The summed E-state index contributed by atoms with van der Waals surface area (Å²) in [5, 5.41) is 5.48. The lowest BCUT2D eigenvalue weighted by Crippen LogP contribution is -2.44. The van der Waals surface area contributed by atoms with Gasteiger partial charge in [-0.25, -0.2) is 24.3 Å². The number of carbonyl (C=O) groups is 1. The quantitative estimate of drug-likeness (QED) is 0.407. The van der Waals surface area contributed by atoms with Gasteiger partial charge >= 0.3 is 6.09 Å². The summed E-state index contributed by atoms with van der Waals surface area (Å²) in [4.78, 5) is 27.5. The summed E-state index contributed by atoms with van der Waals surface area (Å²) >= 11 is 1.47. The molecule has 4 aromatic rings. The molecule has 0 spiro atoms. The summed E-state index contributed by atoms with van der Waals surface area (Å²) in [7, 11) is 1.62. The number of imidazole rings is 1. The molecule has 0 aliphatic carbocycles. The SMILES string of the molecule is COc1cc(-c2nn3cc(-c4cnc(N)nc4)nc3s2)ccc1OC1CCN(C(=O)OC(C)(C)C)CC1. The zero-order valence-electron chi connectivity index (χ0n) is 21.2. The van der Waals surface area contributed by atoms with E-state index in [1.165, 1.54) is 11.3 Å². The number of nitrogens with zero attached hydrogens (tertiary/aromatic N) is 6. The fourth-order valence-corrected chi connectivity index (χ4v) is 4.86. The van der Waals surface area contributed by atoms with Crippen molar-refractivity contribution in [1.82, 2.24) is 29.5 Å². The third kappa shape index (κ3) is 5.58. The number of anilines is 1. The second-order valence-corrected chi connectivity index (χ2v) is 10.7. The Kier molecular flexibility index (Phi) is 6.59. The molecule has 0 saturated carbocycles. The third-order valence-corrected chi connectivity index (χ3v) is 6.78. The molecule has 1 amide bonds. The molecule has 1 aliphatic heterocycles. The number of ether oxygens (including phenoxy) is 3. The van der Waals surface area contributed by atoms with Gasteiger partial charge in [0.25, 0.3) is 0 Å². The van der Waals surface area contributed by atoms with E-state index in [0.717, 1.165) is 39.6 Å². The van der Waals surface area contributed by atoms with Crippen molar-refractivity contribution >= 4 is 28.3 Å². The number of carbonyl (C=O) groups excluding carboxylic acids is 1. The normalized spacial score (nSPS) is 14.6. The second kappa shape index (κ2) is 9.85.